The Morgan fingerprint density at radius 1 is 1.35 bits per heavy atom. The van der Waals surface area contributed by atoms with Crippen LogP contribution in [0.3, 0.4) is 0 Å². The van der Waals surface area contributed by atoms with Gasteiger partial charge in [-0.3, -0.25) is 9.59 Å². The fraction of sp³-hybridized carbons (Fsp3) is 0.167. The molecule has 1 aromatic heterocycles. The molecule has 0 fully saturated rings. The van der Waals surface area contributed by atoms with Crippen molar-refractivity contribution < 1.29 is 18.7 Å². The first-order valence-corrected chi connectivity index (χ1v) is 5.03. The van der Waals surface area contributed by atoms with Crippen LogP contribution in [0.4, 0.5) is 0 Å². The van der Waals surface area contributed by atoms with Crippen LogP contribution in [0, 0.1) is 0 Å². The lowest BCUT2D eigenvalue weighted by atomic mass is 10.1. The molecule has 5 heteroatoms. The number of fused-ring (bicyclic) bond motifs is 1. The lowest BCUT2D eigenvalue weighted by Gasteiger charge is -2.01. The Labute approximate surface area is 97.4 Å². The second kappa shape index (κ2) is 4.69. The number of methoxy groups -OCH3 is 1. The van der Waals surface area contributed by atoms with Crippen molar-refractivity contribution in [1.29, 1.82) is 0 Å². The van der Waals surface area contributed by atoms with E-state index in [-0.39, 0.29) is 12.5 Å². The molecule has 0 saturated carbocycles. The van der Waals surface area contributed by atoms with E-state index < -0.39 is 5.97 Å². The minimum Gasteiger partial charge on any atom is -0.468 e. The van der Waals surface area contributed by atoms with Crippen LogP contribution >= 0.6 is 0 Å². The van der Waals surface area contributed by atoms with Gasteiger partial charge in [-0.2, -0.15) is 0 Å². The van der Waals surface area contributed by atoms with Crippen LogP contribution in [0.15, 0.2) is 34.9 Å². The van der Waals surface area contributed by atoms with E-state index >= 15 is 0 Å². The van der Waals surface area contributed by atoms with Crippen molar-refractivity contribution in [2.24, 2.45) is 0 Å². The van der Waals surface area contributed by atoms with Crippen LogP contribution in [0.1, 0.15) is 10.4 Å². The van der Waals surface area contributed by atoms with E-state index in [1.54, 1.807) is 12.1 Å². The summed E-state index contributed by atoms with van der Waals surface area (Å²) in [7, 11) is 1.27. The number of benzene rings is 1. The van der Waals surface area contributed by atoms with Gasteiger partial charge in [0.2, 0.25) is 0 Å². The van der Waals surface area contributed by atoms with Crippen LogP contribution in [-0.4, -0.2) is 25.5 Å². The summed E-state index contributed by atoms with van der Waals surface area (Å²) in [6.07, 6.45) is 1.37. The summed E-state index contributed by atoms with van der Waals surface area (Å²) in [5.74, 6) is -0.855. The number of furan rings is 1. The molecule has 17 heavy (non-hydrogen) atoms. The number of amides is 1. The molecule has 0 aliphatic rings. The van der Waals surface area contributed by atoms with E-state index in [9.17, 15) is 9.59 Å². The molecule has 0 spiro atoms. The molecule has 1 N–H and O–H groups in total. The van der Waals surface area contributed by atoms with Gasteiger partial charge in [-0.15, -0.1) is 0 Å². The average molecular weight is 233 g/mol. The van der Waals surface area contributed by atoms with Gasteiger partial charge in [0, 0.05) is 5.39 Å². The first-order valence-electron chi connectivity index (χ1n) is 5.03. The smallest absolute Gasteiger partial charge is 0.325 e. The molecular formula is C12H11NO4. The molecule has 0 bridgehead atoms. The van der Waals surface area contributed by atoms with E-state index in [1.165, 1.54) is 13.4 Å². The number of para-hydroxylation sites is 1. The lowest BCUT2D eigenvalue weighted by molar-refractivity contribution is -0.139. The maximum Gasteiger partial charge on any atom is 0.325 e. The van der Waals surface area contributed by atoms with Crippen molar-refractivity contribution in [3.05, 3.63) is 36.1 Å². The standard InChI is InChI=1S/C12H11NO4/c1-16-11(14)6-13-12(15)9-7-17-10-5-3-2-4-8(9)10/h2-5,7H,6H2,1H3,(H,13,15). The van der Waals surface area contributed by atoms with Crippen molar-refractivity contribution in [1.82, 2.24) is 5.32 Å². The first kappa shape index (κ1) is 11.2. The van der Waals surface area contributed by atoms with Gasteiger partial charge >= 0.3 is 5.97 Å². The largest absolute Gasteiger partial charge is 0.468 e. The Hall–Kier alpha value is -2.30. The summed E-state index contributed by atoms with van der Waals surface area (Å²) in [6.45, 7) is -0.158. The second-order valence-electron chi connectivity index (χ2n) is 3.40. The SMILES string of the molecule is COC(=O)CNC(=O)c1coc2ccccc12. The first-order chi connectivity index (χ1) is 8.22. The molecule has 2 rings (SSSR count). The summed E-state index contributed by atoms with van der Waals surface area (Å²) >= 11 is 0. The third-order valence-corrected chi connectivity index (χ3v) is 2.35. The van der Waals surface area contributed by atoms with E-state index in [1.807, 2.05) is 12.1 Å². The van der Waals surface area contributed by atoms with E-state index in [4.69, 9.17) is 4.42 Å². The molecule has 1 aromatic carbocycles. The van der Waals surface area contributed by atoms with Crippen LogP contribution < -0.4 is 5.32 Å². The zero-order valence-corrected chi connectivity index (χ0v) is 9.23. The summed E-state index contributed by atoms with van der Waals surface area (Å²) < 4.78 is 9.65. The molecule has 0 radical (unpaired) electrons. The van der Waals surface area contributed by atoms with Crippen LogP contribution in [0.5, 0.6) is 0 Å². The molecular weight excluding hydrogens is 222 g/mol. The predicted octanol–water partition coefficient (Wildman–Crippen LogP) is 1.34. The summed E-state index contributed by atoms with van der Waals surface area (Å²) in [5, 5.41) is 3.17. The zero-order valence-electron chi connectivity index (χ0n) is 9.23. The molecule has 88 valence electrons. The Kier molecular flexibility index (Phi) is 3.09. The minimum atomic E-state index is -0.494. The molecule has 0 saturated heterocycles. The van der Waals surface area contributed by atoms with Crippen molar-refractivity contribution in [3.8, 4) is 0 Å². The predicted molar refractivity (Wildman–Crippen MR) is 60.6 cm³/mol. The van der Waals surface area contributed by atoms with E-state index in [0.717, 1.165) is 5.39 Å². The minimum absolute atomic E-state index is 0.158. The highest BCUT2D eigenvalue weighted by Crippen LogP contribution is 2.20. The lowest BCUT2D eigenvalue weighted by Crippen LogP contribution is -2.29. The number of ether oxygens (including phenoxy) is 1. The van der Waals surface area contributed by atoms with Crippen LogP contribution in [0.2, 0.25) is 0 Å². The summed E-state index contributed by atoms with van der Waals surface area (Å²) in [6, 6.07) is 7.19. The Morgan fingerprint density at radius 2 is 2.12 bits per heavy atom. The highest BCUT2D eigenvalue weighted by atomic mass is 16.5. The number of hydrogen-bond acceptors (Lipinski definition) is 4. The van der Waals surface area contributed by atoms with Crippen LogP contribution in [0.25, 0.3) is 11.0 Å². The van der Waals surface area contributed by atoms with E-state index in [0.29, 0.717) is 11.1 Å². The second-order valence-corrected chi connectivity index (χ2v) is 3.40. The molecule has 1 heterocycles. The third-order valence-electron chi connectivity index (χ3n) is 2.35. The highest BCUT2D eigenvalue weighted by Gasteiger charge is 2.13. The third kappa shape index (κ3) is 2.28. The fourth-order valence-electron chi connectivity index (χ4n) is 1.47. The number of carbonyl (C=O) groups is 2. The van der Waals surface area contributed by atoms with Gasteiger partial charge in [-0.1, -0.05) is 18.2 Å². The number of hydrogen-bond donors (Lipinski definition) is 1. The van der Waals surface area contributed by atoms with Crippen LogP contribution in [-0.2, 0) is 9.53 Å². The quantitative estimate of drug-likeness (QED) is 0.812. The van der Waals surface area contributed by atoms with Gasteiger partial charge in [-0.05, 0) is 6.07 Å². The topological polar surface area (TPSA) is 68.5 Å². The molecule has 0 atom stereocenters. The number of esters is 1. The van der Waals surface area contributed by atoms with Crippen molar-refractivity contribution in [2.75, 3.05) is 13.7 Å². The summed E-state index contributed by atoms with van der Waals surface area (Å²) in [4.78, 5) is 22.7. The number of rotatable bonds is 3. The molecule has 1 amide bonds. The fourth-order valence-corrected chi connectivity index (χ4v) is 1.47. The monoisotopic (exact) mass is 233 g/mol. The molecule has 2 aromatic rings. The zero-order chi connectivity index (χ0) is 12.3. The van der Waals surface area contributed by atoms with E-state index in [2.05, 4.69) is 10.1 Å². The Balaban J connectivity index is 2.17. The van der Waals surface area contributed by atoms with Gasteiger partial charge in [-0.25, -0.2) is 0 Å². The maximum absolute atomic E-state index is 11.8. The molecule has 0 aliphatic heterocycles. The molecule has 5 nitrogen and oxygen atoms in total. The average Bonchev–Trinajstić information content (AvgIpc) is 2.79. The van der Waals surface area contributed by atoms with Crippen molar-refractivity contribution in [2.45, 2.75) is 0 Å². The Morgan fingerprint density at radius 3 is 2.88 bits per heavy atom. The Bertz CT molecular complexity index is 558. The number of carbonyl (C=O) groups excluding carboxylic acids is 2. The van der Waals surface area contributed by atoms with Crippen molar-refractivity contribution in [3.63, 3.8) is 0 Å². The summed E-state index contributed by atoms with van der Waals surface area (Å²) in [5.41, 5.74) is 1.04. The van der Waals surface area contributed by atoms with Gasteiger partial charge < -0.3 is 14.5 Å². The molecule has 0 aliphatic carbocycles. The van der Waals surface area contributed by atoms with Crippen molar-refractivity contribution >= 4 is 22.8 Å². The van der Waals surface area contributed by atoms with Gasteiger partial charge in [0.05, 0.1) is 12.7 Å². The van der Waals surface area contributed by atoms with Gasteiger partial charge in [0.15, 0.2) is 0 Å². The highest BCUT2D eigenvalue weighted by molar-refractivity contribution is 6.06. The normalized spacial score (nSPS) is 10.2. The number of nitrogens with one attached hydrogen (secondary N) is 1. The van der Waals surface area contributed by atoms with Gasteiger partial charge in [0.25, 0.3) is 5.91 Å². The van der Waals surface area contributed by atoms with Gasteiger partial charge in [0.1, 0.15) is 18.4 Å². The molecule has 0 unspecified atom stereocenters. The maximum atomic E-state index is 11.8.